The van der Waals surface area contributed by atoms with E-state index in [4.69, 9.17) is 5.73 Å². The average molecular weight is 376 g/mol. The zero-order valence-corrected chi connectivity index (χ0v) is 15.9. The van der Waals surface area contributed by atoms with Gasteiger partial charge in [0, 0.05) is 5.92 Å². The van der Waals surface area contributed by atoms with E-state index in [2.05, 4.69) is 36.4 Å². The molecule has 0 saturated carbocycles. The van der Waals surface area contributed by atoms with E-state index in [-0.39, 0.29) is 17.5 Å². The van der Waals surface area contributed by atoms with Gasteiger partial charge < -0.3 is 5.73 Å². The number of fused-ring (bicyclic) bond motifs is 1. The predicted octanol–water partition coefficient (Wildman–Crippen LogP) is 4.67. The molecule has 2 N–H and O–H groups in total. The van der Waals surface area contributed by atoms with Crippen LogP contribution < -0.4 is 5.73 Å². The summed E-state index contributed by atoms with van der Waals surface area (Å²) in [4.78, 5) is 0. The Labute approximate surface area is 170 Å². The molecular formula is C25H20N4. The van der Waals surface area contributed by atoms with Gasteiger partial charge in [-0.05, 0) is 41.4 Å². The number of nitriles is 3. The van der Waals surface area contributed by atoms with E-state index in [1.165, 1.54) is 5.56 Å². The van der Waals surface area contributed by atoms with Gasteiger partial charge in [0.1, 0.15) is 6.07 Å². The van der Waals surface area contributed by atoms with Crippen molar-refractivity contribution in [2.45, 2.75) is 24.7 Å². The van der Waals surface area contributed by atoms with Gasteiger partial charge in [-0.3, -0.25) is 0 Å². The van der Waals surface area contributed by atoms with Crippen molar-refractivity contribution in [1.29, 1.82) is 15.8 Å². The minimum absolute atomic E-state index is 0.0829. The molecular weight excluding hydrogens is 356 g/mol. The van der Waals surface area contributed by atoms with Gasteiger partial charge >= 0.3 is 0 Å². The zero-order valence-electron chi connectivity index (χ0n) is 15.9. The second-order valence-corrected chi connectivity index (χ2v) is 7.67. The van der Waals surface area contributed by atoms with E-state index in [9.17, 15) is 15.8 Å². The van der Waals surface area contributed by atoms with Gasteiger partial charge in [-0.25, -0.2) is 0 Å². The first-order valence-corrected chi connectivity index (χ1v) is 9.69. The van der Waals surface area contributed by atoms with E-state index in [1.807, 2.05) is 48.5 Å². The van der Waals surface area contributed by atoms with Gasteiger partial charge in [0.15, 0.2) is 5.41 Å². The lowest BCUT2D eigenvalue weighted by atomic mass is 9.55. The van der Waals surface area contributed by atoms with E-state index in [0.29, 0.717) is 5.57 Å². The van der Waals surface area contributed by atoms with Crippen molar-refractivity contribution in [2.24, 2.45) is 17.1 Å². The first-order chi connectivity index (χ1) is 14.2. The fourth-order valence-corrected chi connectivity index (χ4v) is 4.92. The van der Waals surface area contributed by atoms with Crippen LogP contribution in [0.2, 0.25) is 0 Å². The maximum atomic E-state index is 10.1. The maximum absolute atomic E-state index is 10.1. The molecule has 2 aliphatic rings. The molecule has 4 nitrogen and oxygen atoms in total. The molecule has 0 bridgehead atoms. The fourth-order valence-electron chi connectivity index (χ4n) is 4.92. The molecule has 0 spiro atoms. The highest BCUT2D eigenvalue weighted by Crippen LogP contribution is 2.57. The highest BCUT2D eigenvalue weighted by molar-refractivity contribution is 5.59. The molecule has 0 saturated heterocycles. The summed E-state index contributed by atoms with van der Waals surface area (Å²) in [5, 5.41) is 30.0. The van der Waals surface area contributed by atoms with Gasteiger partial charge in [0.05, 0.1) is 23.4 Å². The van der Waals surface area contributed by atoms with Crippen molar-refractivity contribution in [3.8, 4) is 18.2 Å². The largest absolute Gasteiger partial charge is 0.399 e. The summed E-state index contributed by atoms with van der Waals surface area (Å²) in [6, 6.07) is 26.5. The monoisotopic (exact) mass is 376 g/mol. The second kappa shape index (κ2) is 7.31. The summed E-state index contributed by atoms with van der Waals surface area (Å²) in [6.07, 6.45) is 3.66. The lowest BCUT2D eigenvalue weighted by molar-refractivity contribution is 0.303. The van der Waals surface area contributed by atoms with E-state index < -0.39 is 11.3 Å². The van der Waals surface area contributed by atoms with Crippen LogP contribution in [-0.4, -0.2) is 0 Å². The van der Waals surface area contributed by atoms with Crippen LogP contribution in [0.4, 0.5) is 0 Å². The lowest BCUT2D eigenvalue weighted by Crippen LogP contribution is -2.43. The van der Waals surface area contributed by atoms with Crippen LogP contribution in [-0.2, 0) is 0 Å². The highest BCUT2D eigenvalue weighted by atomic mass is 14.7. The molecule has 0 aliphatic heterocycles. The Hall–Kier alpha value is -3.81. The first kappa shape index (κ1) is 18.5. The van der Waals surface area contributed by atoms with Crippen LogP contribution in [0.5, 0.6) is 0 Å². The quantitative estimate of drug-likeness (QED) is 0.823. The Bertz CT molecular complexity index is 1090. The molecule has 0 fully saturated rings. The topological polar surface area (TPSA) is 97.4 Å². The molecule has 4 rings (SSSR count). The number of benzene rings is 2. The van der Waals surface area contributed by atoms with Crippen LogP contribution in [0, 0.1) is 45.3 Å². The van der Waals surface area contributed by atoms with Crippen molar-refractivity contribution in [3.05, 3.63) is 94.7 Å². The van der Waals surface area contributed by atoms with Crippen LogP contribution in [0.15, 0.2) is 83.6 Å². The molecule has 1 unspecified atom stereocenters. The molecule has 140 valence electrons. The third-order valence-corrected chi connectivity index (χ3v) is 6.31. The lowest BCUT2D eigenvalue weighted by Gasteiger charge is -2.45. The minimum atomic E-state index is -1.56. The number of hydrogen-bond acceptors (Lipinski definition) is 4. The summed E-state index contributed by atoms with van der Waals surface area (Å²) in [5.74, 6) is -0.281. The number of nitrogens with two attached hydrogens (primary N) is 1. The van der Waals surface area contributed by atoms with Crippen LogP contribution in [0.25, 0.3) is 0 Å². The Morgan fingerprint density at radius 3 is 2.00 bits per heavy atom. The Balaban J connectivity index is 1.93. The van der Waals surface area contributed by atoms with E-state index >= 15 is 0 Å². The molecule has 29 heavy (non-hydrogen) atoms. The molecule has 0 aromatic heterocycles. The smallest absolute Gasteiger partial charge is 0.191 e. The number of rotatable bonds is 2. The van der Waals surface area contributed by atoms with Crippen molar-refractivity contribution in [1.82, 2.24) is 0 Å². The van der Waals surface area contributed by atoms with Gasteiger partial charge in [0.25, 0.3) is 0 Å². The summed E-state index contributed by atoms with van der Waals surface area (Å²) < 4.78 is 0. The molecule has 2 aromatic carbocycles. The molecule has 2 aromatic rings. The van der Waals surface area contributed by atoms with Gasteiger partial charge in [-0.1, -0.05) is 66.7 Å². The van der Waals surface area contributed by atoms with Gasteiger partial charge in [0.2, 0.25) is 0 Å². The summed E-state index contributed by atoms with van der Waals surface area (Å²) >= 11 is 0. The molecule has 2 aliphatic carbocycles. The standard InChI is InChI=1S/C25H20N4/c26-14-22-20-12-11-19(17-7-3-1-4-8-17)13-21(20)23(18-9-5-2-6-10-18)25(15-27,16-28)24(22)29/h1-10,12,19,21,23H,11,13,29H2/t19?,21-,23+/m1/s1. The molecule has 3 atom stereocenters. The maximum Gasteiger partial charge on any atom is 0.191 e. The number of hydrogen-bond donors (Lipinski definition) is 1. The van der Waals surface area contributed by atoms with E-state index in [0.717, 1.165) is 24.0 Å². The third-order valence-electron chi connectivity index (χ3n) is 6.31. The minimum Gasteiger partial charge on any atom is -0.399 e. The van der Waals surface area contributed by atoms with Crippen molar-refractivity contribution >= 4 is 0 Å². The third kappa shape index (κ3) is 2.80. The molecule has 0 amide bonds. The number of nitrogens with zero attached hydrogens (tertiary/aromatic N) is 3. The molecule has 0 radical (unpaired) electrons. The normalized spacial score (nSPS) is 25.0. The Kier molecular flexibility index (Phi) is 4.67. The predicted molar refractivity (Wildman–Crippen MR) is 110 cm³/mol. The van der Waals surface area contributed by atoms with Crippen LogP contribution >= 0.6 is 0 Å². The van der Waals surface area contributed by atoms with Gasteiger partial charge in [-0.15, -0.1) is 0 Å². The number of allylic oxidation sites excluding steroid dienone is 4. The summed E-state index contributed by atoms with van der Waals surface area (Å²) in [5.41, 5.74) is 8.18. The summed E-state index contributed by atoms with van der Waals surface area (Å²) in [7, 11) is 0. The van der Waals surface area contributed by atoms with Crippen LogP contribution in [0.1, 0.15) is 35.8 Å². The van der Waals surface area contributed by atoms with Crippen molar-refractivity contribution in [3.63, 3.8) is 0 Å². The molecule has 4 heteroatoms. The Morgan fingerprint density at radius 2 is 1.45 bits per heavy atom. The SMILES string of the molecule is N#CC1=C(N)C(C#N)(C#N)[C@@H](c2ccccc2)[C@@H]2CC(c3ccccc3)CC=C12. The van der Waals surface area contributed by atoms with Crippen molar-refractivity contribution < 1.29 is 0 Å². The van der Waals surface area contributed by atoms with Gasteiger partial charge in [-0.2, -0.15) is 15.8 Å². The fraction of sp³-hybridized carbons (Fsp3) is 0.240. The average Bonchev–Trinajstić information content (AvgIpc) is 2.79. The molecule has 0 heterocycles. The van der Waals surface area contributed by atoms with Crippen molar-refractivity contribution in [2.75, 3.05) is 0 Å². The summed E-state index contributed by atoms with van der Waals surface area (Å²) in [6.45, 7) is 0. The van der Waals surface area contributed by atoms with Crippen LogP contribution in [0.3, 0.4) is 0 Å². The second-order valence-electron chi connectivity index (χ2n) is 7.67. The first-order valence-electron chi connectivity index (χ1n) is 9.69. The van der Waals surface area contributed by atoms with E-state index in [1.54, 1.807) is 0 Å². The highest BCUT2D eigenvalue weighted by Gasteiger charge is 2.54. The Morgan fingerprint density at radius 1 is 0.862 bits per heavy atom. The zero-order chi connectivity index (χ0) is 20.4.